The number of aliphatic hydroxyl groups is 1. The van der Waals surface area contributed by atoms with Crippen LogP contribution in [-0.4, -0.2) is 24.2 Å². The summed E-state index contributed by atoms with van der Waals surface area (Å²) in [6.45, 7) is 6.10. The summed E-state index contributed by atoms with van der Waals surface area (Å²) in [4.78, 5) is 12.3. The molecule has 1 aliphatic heterocycles. The highest BCUT2D eigenvalue weighted by Crippen LogP contribution is 2.32. The standard InChI is InChI=1S/C24H25F2NO3/c1-23(2,3)22(28)27-21-17(14-19(25)15-20(21)26)7-4-16-5-8-18(9-6-16)24(29)10-12-30-13-11-24/h5-6,8-9,14-15,29H,10-13H2,1-3H3,(H,27,28). The second kappa shape index (κ2) is 8.55. The lowest BCUT2D eigenvalue weighted by molar-refractivity contribution is -0.123. The van der Waals surface area contributed by atoms with Gasteiger partial charge in [-0.15, -0.1) is 0 Å². The number of hydrogen-bond acceptors (Lipinski definition) is 3. The molecule has 0 spiro atoms. The Bertz CT molecular complexity index is 992. The highest BCUT2D eigenvalue weighted by Gasteiger charge is 2.31. The van der Waals surface area contributed by atoms with E-state index in [1.165, 1.54) is 0 Å². The molecule has 1 saturated heterocycles. The summed E-state index contributed by atoms with van der Waals surface area (Å²) in [5.41, 5.74) is -0.348. The largest absolute Gasteiger partial charge is 0.385 e. The Morgan fingerprint density at radius 3 is 2.33 bits per heavy atom. The Morgan fingerprint density at radius 1 is 1.10 bits per heavy atom. The Hall–Kier alpha value is -2.75. The lowest BCUT2D eigenvalue weighted by Gasteiger charge is -2.32. The van der Waals surface area contributed by atoms with Crippen LogP contribution in [0.25, 0.3) is 0 Å². The first-order valence-electron chi connectivity index (χ1n) is 9.82. The van der Waals surface area contributed by atoms with Gasteiger partial charge in [0.2, 0.25) is 5.91 Å². The van der Waals surface area contributed by atoms with Crippen molar-refractivity contribution in [3.05, 3.63) is 64.7 Å². The maximum atomic E-state index is 14.3. The fraction of sp³-hybridized carbons (Fsp3) is 0.375. The molecule has 158 valence electrons. The van der Waals surface area contributed by atoms with Crippen molar-refractivity contribution in [3.63, 3.8) is 0 Å². The van der Waals surface area contributed by atoms with Crippen molar-refractivity contribution in [2.24, 2.45) is 5.41 Å². The zero-order chi connectivity index (χ0) is 21.9. The molecule has 0 radical (unpaired) electrons. The molecule has 0 aliphatic carbocycles. The first kappa shape index (κ1) is 21.9. The summed E-state index contributed by atoms with van der Waals surface area (Å²) >= 11 is 0. The van der Waals surface area contributed by atoms with Gasteiger partial charge in [0.15, 0.2) is 5.82 Å². The molecule has 0 saturated carbocycles. The minimum absolute atomic E-state index is 0.0530. The number of carbonyl (C=O) groups excluding carboxylic acids is 1. The summed E-state index contributed by atoms with van der Waals surface area (Å²) in [5, 5.41) is 13.3. The van der Waals surface area contributed by atoms with Crippen LogP contribution in [0, 0.1) is 28.9 Å². The molecule has 1 heterocycles. The lowest BCUT2D eigenvalue weighted by Crippen LogP contribution is -2.33. The highest BCUT2D eigenvalue weighted by atomic mass is 19.1. The monoisotopic (exact) mass is 413 g/mol. The van der Waals surface area contributed by atoms with E-state index in [0.29, 0.717) is 37.7 Å². The number of carbonyl (C=O) groups is 1. The minimum atomic E-state index is -0.916. The van der Waals surface area contributed by atoms with Crippen LogP contribution in [0.5, 0.6) is 0 Å². The summed E-state index contributed by atoms with van der Waals surface area (Å²) in [6.07, 6.45) is 1.05. The average molecular weight is 413 g/mol. The second-order valence-electron chi connectivity index (χ2n) is 8.49. The third-order valence-corrected chi connectivity index (χ3v) is 5.06. The van der Waals surface area contributed by atoms with Gasteiger partial charge in [0.25, 0.3) is 0 Å². The third-order valence-electron chi connectivity index (χ3n) is 5.06. The van der Waals surface area contributed by atoms with E-state index in [1.807, 2.05) is 0 Å². The zero-order valence-corrected chi connectivity index (χ0v) is 17.3. The van der Waals surface area contributed by atoms with Crippen molar-refractivity contribution in [1.29, 1.82) is 0 Å². The Labute approximate surface area is 175 Å². The molecule has 2 N–H and O–H groups in total. The Balaban J connectivity index is 1.87. The second-order valence-corrected chi connectivity index (χ2v) is 8.49. The first-order chi connectivity index (χ1) is 14.1. The van der Waals surface area contributed by atoms with Crippen LogP contribution in [0.15, 0.2) is 36.4 Å². The summed E-state index contributed by atoms with van der Waals surface area (Å²) in [7, 11) is 0. The predicted octanol–water partition coefficient (Wildman–Crippen LogP) is 4.35. The van der Waals surface area contributed by atoms with Gasteiger partial charge in [0.05, 0.1) is 16.9 Å². The van der Waals surface area contributed by atoms with E-state index in [-0.39, 0.29) is 11.3 Å². The van der Waals surface area contributed by atoms with Crippen LogP contribution in [0.3, 0.4) is 0 Å². The zero-order valence-electron chi connectivity index (χ0n) is 17.3. The Kier molecular flexibility index (Phi) is 6.25. The molecule has 0 aromatic heterocycles. The molecule has 6 heteroatoms. The van der Waals surface area contributed by atoms with Gasteiger partial charge in [-0.3, -0.25) is 4.79 Å². The number of rotatable bonds is 2. The van der Waals surface area contributed by atoms with Gasteiger partial charge in [-0.2, -0.15) is 0 Å². The molecule has 0 atom stereocenters. The predicted molar refractivity (Wildman–Crippen MR) is 111 cm³/mol. The molecular formula is C24H25F2NO3. The fourth-order valence-electron chi connectivity index (χ4n) is 3.10. The van der Waals surface area contributed by atoms with Gasteiger partial charge in [0, 0.05) is 43.1 Å². The molecule has 1 aliphatic rings. The molecule has 2 aromatic rings. The van der Waals surface area contributed by atoms with Crippen molar-refractivity contribution in [3.8, 4) is 11.8 Å². The van der Waals surface area contributed by atoms with Crippen LogP contribution < -0.4 is 5.32 Å². The van der Waals surface area contributed by atoms with Gasteiger partial charge in [0.1, 0.15) is 5.82 Å². The minimum Gasteiger partial charge on any atom is -0.385 e. The maximum absolute atomic E-state index is 14.3. The van der Waals surface area contributed by atoms with Gasteiger partial charge >= 0.3 is 0 Å². The van der Waals surface area contributed by atoms with E-state index < -0.39 is 28.6 Å². The van der Waals surface area contributed by atoms with Crippen molar-refractivity contribution >= 4 is 11.6 Å². The maximum Gasteiger partial charge on any atom is 0.229 e. The van der Waals surface area contributed by atoms with Crippen LogP contribution in [-0.2, 0) is 15.1 Å². The number of amides is 1. The third kappa shape index (κ3) is 5.05. The Morgan fingerprint density at radius 2 is 1.73 bits per heavy atom. The van der Waals surface area contributed by atoms with E-state index in [0.717, 1.165) is 11.6 Å². The topological polar surface area (TPSA) is 58.6 Å². The number of hydrogen-bond donors (Lipinski definition) is 2. The summed E-state index contributed by atoms with van der Waals surface area (Å²) in [5.74, 6) is 3.56. The number of benzene rings is 2. The van der Waals surface area contributed by atoms with Gasteiger partial charge in [-0.05, 0) is 23.8 Å². The van der Waals surface area contributed by atoms with E-state index in [1.54, 1.807) is 45.0 Å². The van der Waals surface area contributed by atoms with E-state index in [4.69, 9.17) is 4.74 Å². The van der Waals surface area contributed by atoms with Crippen molar-refractivity contribution in [1.82, 2.24) is 0 Å². The van der Waals surface area contributed by atoms with E-state index in [9.17, 15) is 18.7 Å². The van der Waals surface area contributed by atoms with Crippen LogP contribution in [0.4, 0.5) is 14.5 Å². The normalized spacial score (nSPS) is 15.8. The molecule has 1 amide bonds. The smallest absolute Gasteiger partial charge is 0.229 e. The average Bonchev–Trinajstić information content (AvgIpc) is 2.68. The van der Waals surface area contributed by atoms with Crippen LogP contribution in [0.2, 0.25) is 0 Å². The highest BCUT2D eigenvalue weighted by molar-refractivity contribution is 5.95. The fourth-order valence-corrected chi connectivity index (χ4v) is 3.10. The number of halogens is 2. The van der Waals surface area contributed by atoms with Crippen molar-refractivity contribution in [2.45, 2.75) is 39.2 Å². The SMILES string of the molecule is CC(C)(C)C(=O)Nc1c(F)cc(F)cc1C#Cc1ccc(C2(O)CCOCC2)cc1. The quantitative estimate of drug-likeness (QED) is 0.720. The molecular weight excluding hydrogens is 388 g/mol. The molecule has 4 nitrogen and oxygen atoms in total. The van der Waals surface area contributed by atoms with E-state index in [2.05, 4.69) is 17.2 Å². The first-order valence-corrected chi connectivity index (χ1v) is 9.82. The van der Waals surface area contributed by atoms with Gasteiger partial charge in [-0.25, -0.2) is 8.78 Å². The van der Waals surface area contributed by atoms with Crippen molar-refractivity contribution in [2.75, 3.05) is 18.5 Å². The summed E-state index contributed by atoms with van der Waals surface area (Å²) in [6, 6.07) is 8.89. The molecule has 1 fully saturated rings. The lowest BCUT2D eigenvalue weighted by atomic mass is 9.86. The van der Waals surface area contributed by atoms with Gasteiger partial charge < -0.3 is 15.2 Å². The molecule has 0 bridgehead atoms. The molecule has 3 rings (SSSR count). The molecule has 30 heavy (non-hydrogen) atoms. The molecule has 0 unspecified atom stereocenters. The number of ether oxygens (including phenoxy) is 1. The van der Waals surface area contributed by atoms with E-state index >= 15 is 0 Å². The number of anilines is 1. The number of nitrogens with one attached hydrogen (secondary N) is 1. The van der Waals surface area contributed by atoms with Crippen LogP contribution in [0.1, 0.15) is 50.3 Å². The summed E-state index contributed by atoms with van der Waals surface area (Å²) < 4.78 is 33.4. The van der Waals surface area contributed by atoms with Crippen molar-refractivity contribution < 1.29 is 23.4 Å². The van der Waals surface area contributed by atoms with Crippen LogP contribution >= 0.6 is 0 Å². The van der Waals surface area contributed by atoms with Gasteiger partial charge in [-0.1, -0.05) is 44.7 Å². The molecule has 2 aromatic carbocycles.